The van der Waals surface area contributed by atoms with Crippen molar-refractivity contribution < 1.29 is 10.2 Å². The number of guanidine groups is 1. The van der Waals surface area contributed by atoms with Gasteiger partial charge in [-0.1, -0.05) is 0 Å². The summed E-state index contributed by atoms with van der Waals surface area (Å²) < 4.78 is 0. The molecule has 1 aromatic heterocycles. The van der Waals surface area contributed by atoms with Gasteiger partial charge in [-0.2, -0.15) is 5.10 Å². The molecule has 1 rings (SSSR count). The highest BCUT2D eigenvalue weighted by Gasteiger charge is 2.03. The molecule has 0 atom stereocenters. The Hall–Kier alpha value is -2.51. The molecule has 0 amide bonds. The molecule has 0 unspecified atom stereocenters. The number of nitrogens with zero attached hydrogens (tertiary/aromatic N) is 4. The smallest absolute Gasteiger partial charge is 0.362 e. The summed E-state index contributed by atoms with van der Waals surface area (Å²) in [5.41, 5.74) is 7.70. The molecule has 0 saturated heterocycles. The fraction of sp³-hybridized carbons (Fsp3) is 0. The van der Waals surface area contributed by atoms with Gasteiger partial charge < -0.3 is 5.73 Å². The van der Waals surface area contributed by atoms with Gasteiger partial charge in [0.1, 0.15) is 4.91 Å². The number of nitrogens with one attached hydrogen (secondary N) is 1. The van der Waals surface area contributed by atoms with Crippen LogP contribution in [0, 0.1) is 4.91 Å². The summed E-state index contributed by atoms with van der Waals surface area (Å²) >= 11 is 0. The van der Waals surface area contributed by atoms with E-state index in [1.54, 1.807) is 30.0 Å². The molecule has 8 heteroatoms. The van der Waals surface area contributed by atoms with Crippen LogP contribution in [0.3, 0.4) is 0 Å². The van der Waals surface area contributed by atoms with E-state index in [2.05, 4.69) is 15.2 Å². The molecule has 0 aromatic carbocycles. The maximum absolute atomic E-state index is 10.0. The first kappa shape index (κ1) is 10.6. The molecule has 0 bridgehead atoms. The van der Waals surface area contributed by atoms with E-state index in [1.807, 2.05) is 0 Å². The molecule has 1 heterocycles. The van der Waals surface area contributed by atoms with Crippen molar-refractivity contribution in [3.8, 4) is 0 Å². The summed E-state index contributed by atoms with van der Waals surface area (Å²) in [5, 5.41) is 14.6. The third-order valence-electron chi connectivity index (χ3n) is 1.29. The lowest BCUT2D eigenvalue weighted by Crippen LogP contribution is -2.36. The van der Waals surface area contributed by atoms with Gasteiger partial charge in [-0.05, 0) is 23.1 Å². The van der Waals surface area contributed by atoms with Crippen molar-refractivity contribution in [1.29, 1.82) is 0 Å². The standard InChI is InChI=1S/C7H9N6O2/c8-7(12-13(14)15)11-10-5-6-1-3-9-4-2-6/h1-5H,(H,14,15)(H3,8,11,12)/q+1/b10-5+. The Morgan fingerprint density at radius 2 is 2.27 bits per heavy atom. The van der Waals surface area contributed by atoms with Crippen molar-refractivity contribution in [2.75, 3.05) is 0 Å². The Kier molecular flexibility index (Phi) is 3.71. The van der Waals surface area contributed by atoms with E-state index in [0.29, 0.717) is 0 Å². The lowest BCUT2D eigenvalue weighted by molar-refractivity contribution is -0.822. The van der Waals surface area contributed by atoms with Gasteiger partial charge in [0, 0.05) is 12.4 Å². The zero-order valence-electron chi connectivity index (χ0n) is 7.61. The maximum atomic E-state index is 10.0. The van der Waals surface area contributed by atoms with Gasteiger partial charge in [0.05, 0.1) is 6.21 Å². The molecule has 0 aliphatic carbocycles. The summed E-state index contributed by atoms with van der Waals surface area (Å²) in [4.78, 5) is 13.8. The molecule has 1 aromatic rings. The van der Waals surface area contributed by atoms with E-state index in [0.717, 1.165) is 5.56 Å². The SMILES string of the molecule is N/C(=N\N=C\c1ccncc1)N[N+](=O)O. The summed E-state index contributed by atoms with van der Waals surface area (Å²) in [6.45, 7) is 0. The first-order chi connectivity index (χ1) is 7.18. The predicted molar refractivity (Wildman–Crippen MR) is 52.0 cm³/mol. The summed E-state index contributed by atoms with van der Waals surface area (Å²) in [6.07, 6.45) is 4.61. The first-order valence-electron chi connectivity index (χ1n) is 3.88. The summed E-state index contributed by atoms with van der Waals surface area (Å²) in [5.74, 6) is -0.321. The van der Waals surface area contributed by atoms with Crippen LogP contribution in [0.2, 0.25) is 0 Å². The molecule has 0 saturated carbocycles. The van der Waals surface area contributed by atoms with Gasteiger partial charge in [0.25, 0.3) is 5.96 Å². The molecular formula is C7H9N6O2+. The molecule has 15 heavy (non-hydrogen) atoms. The van der Waals surface area contributed by atoms with Crippen molar-refractivity contribution >= 4 is 12.2 Å². The predicted octanol–water partition coefficient (Wildman–Crippen LogP) is -0.597. The van der Waals surface area contributed by atoms with Crippen LogP contribution in [-0.4, -0.2) is 27.4 Å². The van der Waals surface area contributed by atoms with E-state index in [1.165, 1.54) is 6.21 Å². The average Bonchev–Trinajstić information content (AvgIpc) is 2.18. The number of pyridine rings is 1. The van der Waals surface area contributed by atoms with Gasteiger partial charge >= 0.3 is 5.03 Å². The van der Waals surface area contributed by atoms with Crippen LogP contribution in [0.1, 0.15) is 5.56 Å². The molecule has 0 radical (unpaired) electrons. The minimum atomic E-state index is -0.569. The Morgan fingerprint density at radius 3 is 2.87 bits per heavy atom. The zero-order valence-corrected chi connectivity index (χ0v) is 7.61. The van der Waals surface area contributed by atoms with Gasteiger partial charge in [-0.15, -0.1) is 5.10 Å². The highest BCUT2D eigenvalue weighted by Crippen LogP contribution is 1.90. The van der Waals surface area contributed by atoms with Crippen molar-refractivity contribution in [2.45, 2.75) is 0 Å². The normalized spacial score (nSPS) is 11.6. The summed E-state index contributed by atoms with van der Waals surface area (Å²) in [7, 11) is 0. The third-order valence-corrected chi connectivity index (χ3v) is 1.29. The van der Waals surface area contributed by atoms with Crippen molar-refractivity contribution in [3.05, 3.63) is 35.0 Å². The Morgan fingerprint density at radius 1 is 1.60 bits per heavy atom. The molecule has 4 N–H and O–H groups in total. The van der Waals surface area contributed by atoms with E-state index in [-0.39, 0.29) is 5.96 Å². The van der Waals surface area contributed by atoms with Crippen LogP contribution >= 0.6 is 0 Å². The number of hydrogen-bond donors (Lipinski definition) is 3. The van der Waals surface area contributed by atoms with Crippen LogP contribution in [0.5, 0.6) is 0 Å². The molecular weight excluding hydrogens is 200 g/mol. The third kappa shape index (κ3) is 4.31. The van der Waals surface area contributed by atoms with Crippen LogP contribution in [0.4, 0.5) is 0 Å². The zero-order chi connectivity index (χ0) is 11.1. The number of aromatic nitrogens is 1. The minimum Gasteiger partial charge on any atom is -0.364 e. The molecule has 0 aliphatic heterocycles. The largest absolute Gasteiger partial charge is 0.364 e. The van der Waals surface area contributed by atoms with Gasteiger partial charge in [-0.3, -0.25) is 4.98 Å². The first-order valence-corrected chi connectivity index (χ1v) is 3.88. The highest BCUT2D eigenvalue weighted by molar-refractivity contribution is 5.81. The maximum Gasteiger partial charge on any atom is 0.362 e. The number of hydrogen-bond acceptors (Lipinski definition) is 4. The molecule has 0 fully saturated rings. The van der Waals surface area contributed by atoms with Crippen LogP contribution < -0.4 is 11.2 Å². The van der Waals surface area contributed by atoms with Gasteiger partial charge in [-0.25, -0.2) is 5.21 Å². The van der Waals surface area contributed by atoms with Crippen molar-refractivity contribution in [2.24, 2.45) is 15.9 Å². The van der Waals surface area contributed by atoms with Crippen molar-refractivity contribution in [1.82, 2.24) is 10.4 Å². The lowest BCUT2D eigenvalue weighted by atomic mass is 10.3. The van der Waals surface area contributed by atoms with Crippen molar-refractivity contribution in [3.63, 3.8) is 0 Å². The molecule has 78 valence electrons. The average molecular weight is 209 g/mol. The summed E-state index contributed by atoms with van der Waals surface area (Å²) in [6, 6.07) is 3.43. The Labute approximate surface area is 84.7 Å². The van der Waals surface area contributed by atoms with Gasteiger partial charge in [0.2, 0.25) is 0 Å². The Balaban J connectivity index is 2.56. The van der Waals surface area contributed by atoms with Crippen LogP contribution in [0.15, 0.2) is 34.7 Å². The fourth-order valence-electron chi connectivity index (χ4n) is 0.728. The monoisotopic (exact) mass is 209 g/mol. The highest BCUT2D eigenvalue weighted by atomic mass is 16.7. The molecule has 8 nitrogen and oxygen atoms in total. The Bertz CT molecular complexity index is 388. The minimum absolute atomic E-state index is 0.321. The topological polar surface area (TPSA) is 116 Å². The second-order valence-electron chi connectivity index (χ2n) is 2.40. The molecule has 0 aliphatic rings. The number of nitrogens with two attached hydrogens (primary N) is 1. The fourth-order valence-corrected chi connectivity index (χ4v) is 0.728. The van der Waals surface area contributed by atoms with Gasteiger partial charge in [0.15, 0.2) is 0 Å². The van der Waals surface area contributed by atoms with E-state index >= 15 is 0 Å². The second kappa shape index (κ2) is 5.27. The molecule has 0 spiro atoms. The van der Waals surface area contributed by atoms with Crippen LogP contribution in [0.25, 0.3) is 0 Å². The number of rotatable bonds is 3. The second-order valence-corrected chi connectivity index (χ2v) is 2.40. The van der Waals surface area contributed by atoms with E-state index in [4.69, 9.17) is 10.9 Å². The quantitative estimate of drug-likeness (QED) is 0.349. The van der Waals surface area contributed by atoms with Crippen LogP contribution in [-0.2, 0) is 0 Å². The lowest BCUT2D eigenvalue weighted by Gasteiger charge is -1.88. The number of hydrazine groups is 1. The van der Waals surface area contributed by atoms with E-state index < -0.39 is 5.03 Å². The van der Waals surface area contributed by atoms with E-state index in [9.17, 15) is 4.91 Å².